The Hall–Kier alpha value is -9.19. The van der Waals surface area contributed by atoms with Gasteiger partial charge in [0.2, 0.25) is 0 Å². The Balaban J connectivity index is 0.917. The minimum Gasteiger partial charge on any atom is -0.449 e. The second-order valence-electron chi connectivity index (χ2n) is 17.4. The van der Waals surface area contributed by atoms with Gasteiger partial charge < -0.3 is 9.47 Å². The first kappa shape index (κ1) is 40.1. The normalized spacial score (nSPS) is 12.7. The molecule has 5 nitrogen and oxygen atoms in total. The van der Waals surface area contributed by atoms with Gasteiger partial charge in [-0.3, -0.25) is 0 Å². The van der Waals surface area contributed by atoms with Gasteiger partial charge in [-0.1, -0.05) is 231 Å². The highest BCUT2D eigenvalue weighted by molar-refractivity contribution is 5.92. The van der Waals surface area contributed by atoms with Crippen molar-refractivity contribution in [1.82, 2.24) is 15.0 Å². The van der Waals surface area contributed by atoms with Gasteiger partial charge in [-0.05, 0) is 79.4 Å². The molecule has 69 heavy (non-hydrogen) atoms. The van der Waals surface area contributed by atoms with Crippen molar-refractivity contribution >= 4 is 0 Å². The summed E-state index contributed by atoms with van der Waals surface area (Å²) >= 11 is 0. The third-order valence-corrected chi connectivity index (χ3v) is 13.5. The fraction of sp³-hybridized carbons (Fsp3) is 0.0156. The minimum absolute atomic E-state index is 0.565. The molecule has 0 atom stereocenters. The van der Waals surface area contributed by atoms with Crippen LogP contribution in [-0.2, 0) is 5.41 Å². The molecular formula is C64H41N3O2. The van der Waals surface area contributed by atoms with Gasteiger partial charge in [-0.15, -0.1) is 0 Å². The maximum absolute atomic E-state index is 7.12. The van der Waals surface area contributed by atoms with E-state index in [1.54, 1.807) is 0 Å². The van der Waals surface area contributed by atoms with E-state index in [-0.39, 0.29) is 0 Å². The number of ether oxygens (including phenoxy) is 2. The highest BCUT2D eigenvalue weighted by atomic mass is 16.6. The smallest absolute Gasteiger partial charge is 0.178 e. The number of fused-ring (bicyclic) bond motifs is 6. The predicted molar refractivity (Wildman–Crippen MR) is 276 cm³/mol. The molecule has 0 saturated heterocycles. The van der Waals surface area contributed by atoms with Crippen LogP contribution in [0.15, 0.2) is 249 Å². The van der Waals surface area contributed by atoms with E-state index in [0.717, 1.165) is 66.8 Å². The lowest BCUT2D eigenvalue weighted by atomic mass is 9.68. The molecule has 5 heteroatoms. The van der Waals surface area contributed by atoms with Crippen molar-refractivity contribution in [2.75, 3.05) is 0 Å². The van der Waals surface area contributed by atoms with E-state index in [1.807, 2.05) is 24.3 Å². The molecule has 1 aliphatic carbocycles. The van der Waals surface area contributed by atoms with Gasteiger partial charge in [0.15, 0.2) is 40.5 Å². The summed E-state index contributed by atoms with van der Waals surface area (Å²) in [6.45, 7) is 0. The molecule has 2 heterocycles. The van der Waals surface area contributed by atoms with E-state index in [0.29, 0.717) is 40.5 Å². The van der Waals surface area contributed by atoms with Crippen LogP contribution in [-0.4, -0.2) is 15.0 Å². The average Bonchev–Trinajstić information content (AvgIpc) is 3.75. The zero-order valence-corrected chi connectivity index (χ0v) is 37.3. The maximum Gasteiger partial charge on any atom is 0.178 e. The highest BCUT2D eigenvalue weighted by Crippen LogP contribution is 2.62. The number of nitrogens with zero attached hydrogens (tertiary/aromatic N) is 3. The van der Waals surface area contributed by atoms with Crippen LogP contribution in [0.5, 0.6) is 23.0 Å². The topological polar surface area (TPSA) is 57.1 Å². The van der Waals surface area contributed by atoms with Gasteiger partial charge >= 0.3 is 0 Å². The quantitative estimate of drug-likeness (QED) is 0.152. The van der Waals surface area contributed by atoms with Crippen LogP contribution in [0.2, 0.25) is 0 Å². The summed E-state index contributed by atoms with van der Waals surface area (Å²) in [6.07, 6.45) is 0. The molecule has 0 fully saturated rings. The molecule has 0 bridgehead atoms. The molecule has 10 aromatic carbocycles. The first-order valence-electron chi connectivity index (χ1n) is 23.2. The predicted octanol–water partition coefficient (Wildman–Crippen LogP) is 16.1. The van der Waals surface area contributed by atoms with E-state index in [4.69, 9.17) is 24.4 Å². The monoisotopic (exact) mass is 883 g/mol. The van der Waals surface area contributed by atoms with Crippen molar-refractivity contribution in [2.24, 2.45) is 0 Å². The van der Waals surface area contributed by atoms with Crippen LogP contribution in [0.4, 0.5) is 0 Å². The van der Waals surface area contributed by atoms with Gasteiger partial charge in [0.1, 0.15) is 0 Å². The Bertz CT molecular complexity index is 3550. The number of hydrogen-bond acceptors (Lipinski definition) is 5. The fourth-order valence-corrected chi connectivity index (χ4v) is 10.3. The largest absolute Gasteiger partial charge is 0.449 e. The lowest BCUT2D eigenvalue weighted by Gasteiger charge is -2.34. The number of rotatable bonds is 8. The maximum atomic E-state index is 7.12. The third-order valence-electron chi connectivity index (χ3n) is 13.5. The number of benzene rings is 10. The number of aromatic nitrogens is 3. The molecule has 1 aliphatic heterocycles. The molecule has 0 saturated carbocycles. The van der Waals surface area contributed by atoms with Gasteiger partial charge in [0.25, 0.3) is 0 Å². The van der Waals surface area contributed by atoms with E-state index < -0.39 is 5.41 Å². The second-order valence-corrected chi connectivity index (χ2v) is 17.4. The van der Waals surface area contributed by atoms with E-state index in [2.05, 4.69) is 224 Å². The molecule has 0 amide bonds. The lowest BCUT2D eigenvalue weighted by molar-refractivity contribution is 0.360. The molecule has 0 unspecified atom stereocenters. The van der Waals surface area contributed by atoms with E-state index >= 15 is 0 Å². The summed E-state index contributed by atoms with van der Waals surface area (Å²) in [4.78, 5) is 15.6. The van der Waals surface area contributed by atoms with Gasteiger partial charge in [0, 0.05) is 22.3 Å². The minimum atomic E-state index is -0.565. The van der Waals surface area contributed by atoms with Crippen LogP contribution < -0.4 is 9.47 Å². The first-order chi connectivity index (χ1) is 34.2. The summed E-state index contributed by atoms with van der Waals surface area (Å²) in [5.41, 5.74) is 15.4. The standard InChI is InChI=1S/C64H41N3O2/c1-5-17-42(18-6-1)44-29-33-46(34-30-44)61-65-62(47-35-31-45(32-36-47)43-19-7-2-8-20-43)67-63(66-61)52-26-14-13-25-51(52)48-37-39-56-58(41-48)69-60-57(68-56)40-38-55-59(60)53-27-15-16-28-54(53)64(55,49-21-9-3-10-22-49)50-23-11-4-12-24-50/h1-41H. The Labute approximate surface area is 400 Å². The zero-order valence-electron chi connectivity index (χ0n) is 37.3. The van der Waals surface area contributed by atoms with Crippen LogP contribution in [0.1, 0.15) is 22.3 Å². The van der Waals surface area contributed by atoms with E-state index in [9.17, 15) is 0 Å². The van der Waals surface area contributed by atoms with Gasteiger partial charge in [-0.25, -0.2) is 15.0 Å². The van der Waals surface area contributed by atoms with Crippen LogP contribution in [0.25, 0.3) is 78.7 Å². The van der Waals surface area contributed by atoms with Crippen molar-refractivity contribution in [1.29, 1.82) is 0 Å². The van der Waals surface area contributed by atoms with Crippen molar-refractivity contribution in [3.8, 4) is 102 Å². The first-order valence-corrected chi connectivity index (χ1v) is 23.2. The van der Waals surface area contributed by atoms with Gasteiger partial charge in [0.05, 0.1) is 5.41 Å². The second kappa shape index (κ2) is 16.6. The highest BCUT2D eigenvalue weighted by Gasteiger charge is 2.48. The summed E-state index contributed by atoms with van der Waals surface area (Å²) in [6, 6.07) is 86.7. The Morgan fingerprint density at radius 1 is 0.275 bits per heavy atom. The van der Waals surface area contributed by atoms with Crippen LogP contribution >= 0.6 is 0 Å². The zero-order chi connectivity index (χ0) is 45.7. The summed E-state index contributed by atoms with van der Waals surface area (Å²) in [5, 5.41) is 0. The molecule has 0 radical (unpaired) electrons. The molecule has 0 N–H and O–H groups in total. The average molecular weight is 884 g/mol. The third kappa shape index (κ3) is 6.82. The molecular weight excluding hydrogens is 843 g/mol. The Kier molecular flexibility index (Phi) is 9.65. The van der Waals surface area contributed by atoms with Crippen molar-refractivity contribution in [3.63, 3.8) is 0 Å². The lowest BCUT2D eigenvalue weighted by Crippen LogP contribution is -2.28. The summed E-state index contributed by atoms with van der Waals surface area (Å²) in [5.74, 6) is 4.41. The number of hydrogen-bond donors (Lipinski definition) is 0. The molecule has 2 aliphatic rings. The van der Waals surface area contributed by atoms with Crippen molar-refractivity contribution in [3.05, 3.63) is 271 Å². The fourth-order valence-electron chi connectivity index (χ4n) is 10.3. The van der Waals surface area contributed by atoms with Crippen LogP contribution in [0.3, 0.4) is 0 Å². The SMILES string of the molecule is c1ccc(-c2ccc(-c3nc(-c4ccc(-c5ccccc5)cc4)nc(-c4ccccc4-c4ccc5c(c4)Oc4c(ccc6c4-c4ccccc4C6(c4ccccc4)c4ccccc4)O5)n3)cc2)cc1. The molecule has 13 rings (SSSR count). The molecule has 11 aromatic rings. The molecule has 1 aromatic heterocycles. The van der Waals surface area contributed by atoms with Crippen LogP contribution in [0, 0.1) is 0 Å². The Morgan fingerprint density at radius 2 is 0.710 bits per heavy atom. The summed E-state index contributed by atoms with van der Waals surface area (Å²) < 4.78 is 13.9. The molecule has 0 spiro atoms. The van der Waals surface area contributed by atoms with Crippen molar-refractivity contribution in [2.45, 2.75) is 5.41 Å². The summed E-state index contributed by atoms with van der Waals surface area (Å²) in [7, 11) is 0. The van der Waals surface area contributed by atoms with Gasteiger partial charge in [-0.2, -0.15) is 0 Å². The molecule has 324 valence electrons. The van der Waals surface area contributed by atoms with Crippen molar-refractivity contribution < 1.29 is 9.47 Å². The Morgan fingerprint density at radius 3 is 1.29 bits per heavy atom. The van der Waals surface area contributed by atoms with E-state index in [1.165, 1.54) is 16.7 Å².